The van der Waals surface area contributed by atoms with E-state index in [-0.39, 0.29) is 5.78 Å². The summed E-state index contributed by atoms with van der Waals surface area (Å²) in [6, 6.07) is 22.8. The number of hydrogen-bond donors (Lipinski definition) is 3. The molecule has 0 aliphatic carbocycles. The number of carbonyl (C=O) groups is 2. The monoisotopic (exact) mass is 572 g/mol. The summed E-state index contributed by atoms with van der Waals surface area (Å²) < 4.78 is 6.23. The number of nitrogens with zero attached hydrogens (tertiary/aromatic N) is 1. The number of ketones is 1. The SMILES string of the molecule is CC(C)(C)OC(=O)N[C@H](Cc1c[nH]c2ccccc12)[C@H](C#N)Nc1ccc(Br)cc1C(=O)c1ccccc1. The van der Waals surface area contributed by atoms with E-state index < -0.39 is 23.8 Å². The van der Waals surface area contributed by atoms with Gasteiger partial charge >= 0.3 is 6.09 Å². The molecule has 7 nitrogen and oxygen atoms in total. The van der Waals surface area contributed by atoms with Gasteiger partial charge in [-0.05, 0) is 57.0 Å². The number of fused-ring (bicyclic) bond motifs is 1. The minimum absolute atomic E-state index is 0.181. The van der Waals surface area contributed by atoms with Crippen LogP contribution < -0.4 is 10.6 Å². The standard InChI is InChI=1S/C30H29BrN4O3/c1-30(2,3)38-29(37)35-26(15-20-18-33-24-12-8-7-11-22(20)24)27(17-32)34-25-14-13-21(31)16-23(25)28(36)19-9-5-4-6-10-19/h4-14,16,18,26-27,33-34H,15H2,1-3H3,(H,35,37)/t26-,27+/m1/s1. The Hall–Kier alpha value is -4.09. The number of anilines is 1. The Kier molecular flexibility index (Phi) is 8.18. The number of alkyl carbamates (subject to hydrolysis) is 1. The molecule has 0 bridgehead atoms. The summed E-state index contributed by atoms with van der Waals surface area (Å²) in [7, 11) is 0. The third kappa shape index (κ3) is 6.61. The number of H-pyrrole nitrogens is 1. The van der Waals surface area contributed by atoms with E-state index >= 15 is 0 Å². The lowest BCUT2D eigenvalue weighted by Gasteiger charge is -2.27. The molecule has 1 aromatic heterocycles. The van der Waals surface area contributed by atoms with Gasteiger partial charge in [-0.1, -0.05) is 64.5 Å². The average Bonchev–Trinajstić information content (AvgIpc) is 3.29. The van der Waals surface area contributed by atoms with Gasteiger partial charge in [-0.25, -0.2) is 4.79 Å². The van der Waals surface area contributed by atoms with E-state index in [1.807, 2.05) is 36.5 Å². The van der Waals surface area contributed by atoms with Crippen molar-refractivity contribution in [2.45, 2.75) is 44.9 Å². The van der Waals surface area contributed by atoms with Crippen LogP contribution in [0.5, 0.6) is 0 Å². The summed E-state index contributed by atoms with van der Waals surface area (Å²) in [6.07, 6.45) is 1.61. The number of hydrogen-bond acceptors (Lipinski definition) is 5. The van der Waals surface area contributed by atoms with Crippen molar-refractivity contribution < 1.29 is 14.3 Å². The second-order valence-electron chi connectivity index (χ2n) is 9.95. The fourth-order valence-electron chi connectivity index (χ4n) is 4.21. The lowest BCUT2D eigenvalue weighted by molar-refractivity contribution is 0.0502. The highest BCUT2D eigenvalue weighted by atomic mass is 79.9. The van der Waals surface area contributed by atoms with Gasteiger partial charge in [0.25, 0.3) is 0 Å². The van der Waals surface area contributed by atoms with Gasteiger partial charge in [0, 0.05) is 38.4 Å². The molecule has 0 fully saturated rings. The zero-order valence-corrected chi connectivity index (χ0v) is 23.0. The largest absolute Gasteiger partial charge is 0.444 e. The maximum atomic E-state index is 13.4. The minimum atomic E-state index is -0.875. The first-order valence-corrected chi connectivity index (χ1v) is 13.0. The van der Waals surface area contributed by atoms with Crippen molar-refractivity contribution in [3.63, 3.8) is 0 Å². The second kappa shape index (κ2) is 11.5. The molecule has 0 unspecified atom stereocenters. The van der Waals surface area contributed by atoms with Crippen LogP contribution in [0.15, 0.2) is 83.5 Å². The van der Waals surface area contributed by atoms with Crippen LogP contribution in [0.1, 0.15) is 42.3 Å². The van der Waals surface area contributed by atoms with E-state index in [4.69, 9.17) is 4.74 Å². The Morgan fingerprint density at radius 1 is 1.05 bits per heavy atom. The molecule has 2 atom stereocenters. The second-order valence-corrected chi connectivity index (χ2v) is 10.9. The Morgan fingerprint density at radius 2 is 1.76 bits per heavy atom. The normalized spacial score (nSPS) is 12.8. The van der Waals surface area contributed by atoms with Gasteiger partial charge in [0.1, 0.15) is 11.6 Å². The van der Waals surface area contributed by atoms with Crippen molar-refractivity contribution >= 4 is 44.4 Å². The van der Waals surface area contributed by atoms with Gasteiger partial charge in [0.15, 0.2) is 5.78 Å². The van der Waals surface area contributed by atoms with Crippen LogP contribution in [-0.4, -0.2) is 34.5 Å². The smallest absolute Gasteiger partial charge is 0.407 e. The maximum Gasteiger partial charge on any atom is 0.407 e. The molecular weight excluding hydrogens is 544 g/mol. The Bertz CT molecular complexity index is 1480. The van der Waals surface area contributed by atoms with Gasteiger partial charge in [-0.3, -0.25) is 4.79 Å². The molecule has 0 saturated carbocycles. The van der Waals surface area contributed by atoms with E-state index in [1.54, 1.807) is 63.2 Å². The van der Waals surface area contributed by atoms with E-state index in [0.29, 0.717) is 23.2 Å². The van der Waals surface area contributed by atoms with Crippen LogP contribution in [0.4, 0.5) is 10.5 Å². The molecule has 3 N–H and O–H groups in total. The quantitative estimate of drug-likeness (QED) is 0.206. The Balaban J connectivity index is 1.67. The topological polar surface area (TPSA) is 107 Å². The van der Waals surface area contributed by atoms with Crippen molar-refractivity contribution in [1.29, 1.82) is 5.26 Å². The third-order valence-electron chi connectivity index (χ3n) is 5.93. The number of amides is 1. The predicted octanol–water partition coefficient (Wildman–Crippen LogP) is 6.60. The van der Waals surface area contributed by atoms with Crippen molar-refractivity contribution in [2.75, 3.05) is 5.32 Å². The molecule has 1 amide bonds. The summed E-state index contributed by atoms with van der Waals surface area (Å²) >= 11 is 3.45. The predicted molar refractivity (Wildman–Crippen MR) is 152 cm³/mol. The molecule has 38 heavy (non-hydrogen) atoms. The molecule has 8 heteroatoms. The van der Waals surface area contributed by atoms with Gasteiger partial charge in [-0.15, -0.1) is 0 Å². The molecule has 0 radical (unpaired) electrons. The summed E-state index contributed by atoms with van der Waals surface area (Å²) in [4.78, 5) is 29.4. The number of rotatable bonds is 8. The highest BCUT2D eigenvalue weighted by Gasteiger charge is 2.28. The summed E-state index contributed by atoms with van der Waals surface area (Å²) in [5, 5.41) is 17.3. The first kappa shape index (κ1) is 27.0. The van der Waals surface area contributed by atoms with Crippen LogP contribution in [-0.2, 0) is 11.2 Å². The first-order chi connectivity index (χ1) is 18.1. The molecule has 0 aliphatic heterocycles. The van der Waals surface area contributed by atoms with E-state index in [0.717, 1.165) is 20.9 Å². The minimum Gasteiger partial charge on any atom is -0.444 e. The average molecular weight is 573 g/mol. The van der Waals surface area contributed by atoms with Crippen LogP contribution in [0.3, 0.4) is 0 Å². The van der Waals surface area contributed by atoms with Crippen molar-refractivity contribution in [1.82, 2.24) is 10.3 Å². The molecule has 1 heterocycles. The first-order valence-electron chi connectivity index (χ1n) is 12.2. The van der Waals surface area contributed by atoms with Crippen LogP contribution >= 0.6 is 15.9 Å². The molecule has 4 rings (SSSR count). The fraction of sp³-hybridized carbons (Fsp3) is 0.233. The van der Waals surface area contributed by atoms with Gasteiger partial charge in [-0.2, -0.15) is 5.26 Å². The lowest BCUT2D eigenvalue weighted by Crippen LogP contribution is -2.49. The Labute approximate surface area is 230 Å². The number of aromatic amines is 1. The number of nitriles is 1. The van der Waals surface area contributed by atoms with E-state index in [1.165, 1.54) is 0 Å². The Morgan fingerprint density at radius 3 is 2.47 bits per heavy atom. The maximum absolute atomic E-state index is 13.4. The van der Waals surface area contributed by atoms with E-state index in [9.17, 15) is 14.9 Å². The third-order valence-corrected chi connectivity index (χ3v) is 6.42. The summed E-state index contributed by atoms with van der Waals surface area (Å²) in [5.41, 5.74) is 2.64. The molecule has 194 valence electrons. The van der Waals surface area contributed by atoms with Crippen LogP contribution in [0.25, 0.3) is 10.9 Å². The van der Waals surface area contributed by atoms with Crippen molar-refractivity contribution in [3.8, 4) is 6.07 Å². The van der Waals surface area contributed by atoms with E-state index in [2.05, 4.69) is 37.6 Å². The van der Waals surface area contributed by atoms with Gasteiger partial charge < -0.3 is 20.4 Å². The number of halogens is 1. The number of benzene rings is 3. The zero-order valence-electron chi connectivity index (χ0n) is 21.4. The highest BCUT2D eigenvalue weighted by Crippen LogP contribution is 2.26. The van der Waals surface area contributed by atoms with Crippen molar-refractivity contribution in [2.24, 2.45) is 0 Å². The van der Waals surface area contributed by atoms with Gasteiger partial charge in [0.05, 0.1) is 12.1 Å². The molecule has 4 aromatic rings. The lowest BCUT2D eigenvalue weighted by atomic mass is 9.97. The molecule has 0 saturated heterocycles. The molecular formula is C30H29BrN4O3. The summed E-state index contributed by atoms with van der Waals surface area (Å²) in [5.74, 6) is -0.181. The number of nitrogens with one attached hydrogen (secondary N) is 3. The molecule has 3 aromatic carbocycles. The van der Waals surface area contributed by atoms with Crippen LogP contribution in [0.2, 0.25) is 0 Å². The van der Waals surface area contributed by atoms with Gasteiger partial charge in [0.2, 0.25) is 0 Å². The highest BCUT2D eigenvalue weighted by molar-refractivity contribution is 9.10. The number of ether oxygens (including phenoxy) is 1. The van der Waals surface area contributed by atoms with Crippen LogP contribution in [0, 0.1) is 11.3 Å². The van der Waals surface area contributed by atoms with Crippen molar-refractivity contribution in [3.05, 3.63) is 100 Å². The molecule has 0 aliphatic rings. The number of para-hydroxylation sites is 1. The number of carbonyl (C=O) groups excluding carboxylic acids is 2. The zero-order chi connectivity index (χ0) is 27.3. The number of aromatic nitrogens is 1. The molecule has 0 spiro atoms. The summed E-state index contributed by atoms with van der Waals surface area (Å²) in [6.45, 7) is 5.35. The fourth-order valence-corrected chi connectivity index (χ4v) is 4.58.